The van der Waals surface area contributed by atoms with E-state index in [0.29, 0.717) is 0 Å². The lowest BCUT2D eigenvalue weighted by Gasteiger charge is -2.16. The van der Waals surface area contributed by atoms with Gasteiger partial charge in [0, 0.05) is 12.4 Å². The molecule has 0 radical (unpaired) electrons. The molecule has 1 aromatic heterocycles. The molecule has 0 fully saturated rings. The summed E-state index contributed by atoms with van der Waals surface area (Å²) in [5.74, 6) is 0.861. The predicted molar refractivity (Wildman–Crippen MR) is 73.3 cm³/mol. The summed E-state index contributed by atoms with van der Waals surface area (Å²) < 4.78 is 0. The molecular weight excluding hydrogens is 222 g/mol. The molecule has 2 rings (SSSR count). The summed E-state index contributed by atoms with van der Waals surface area (Å²) >= 11 is 0. The van der Waals surface area contributed by atoms with E-state index in [-0.39, 0.29) is 6.04 Å². The minimum Gasteiger partial charge on any atom is -0.307 e. The third-order valence-corrected chi connectivity index (χ3v) is 2.91. The molecule has 18 heavy (non-hydrogen) atoms. The van der Waals surface area contributed by atoms with E-state index < -0.39 is 0 Å². The van der Waals surface area contributed by atoms with Crippen LogP contribution in [0.1, 0.15) is 29.9 Å². The SMILES string of the molecule is CCNC(Cc1ccc(C)cc1)c1ncccn1. The zero-order valence-electron chi connectivity index (χ0n) is 10.9. The van der Waals surface area contributed by atoms with E-state index in [0.717, 1.165) is 18.8 Å². The molecule has 1 unspecified atom stereocenters. The van der Waals surface area contributed by atoms with Crippen molar-refractivity contribution in [1.82, 2.24) is 15.3 Å². The fourth-order valence-electron chi connectivity index (χ4n) is 1.95. The van der Waals surface area contributed by atoms with Crippen LogP contribution in [0.5, 0.6) is 0 Å². The number of nitrogens with zero attached hydrogens (tertiary/aromatic N) is 2. The number of hydrogen-bond donors (Lipinski definition) is 1. The van der Waals surface area contributed by atoms with E-state index in [9.17, 15) is 0 Å². The Balaban J connectivity index is 2.14. The maximum Gasteiger partial charge on any atom is 0.145 e. The molecule has 0 saturated heterocycles. The summed E-state index contributed by atoms with van der Waals surface area (Å²) in [5, 5.41) is 3.44. The maximum absolute atomic E-state index is 4.34. The molecule has 0 aliphatic heterocycles. The first-order valence-electron chi connectivity index (χ1n) is 6.35. The smallest absolute Gasteiger partial charge is 0.145 e. The second-order valence-corrected chi connectivity index (χ2v) is 4.41. The highest BCUT2D eigenvalue weighted by molar-refractivity contribution is 5.22. The van der Waals surface area contributed by atoms with Crippen LogP contribution in [-0.4, -0.2) is 16.5 Å². The first-order valence-corrected chi connectivity index (χ1v) is 6.35. The normalized spacial score (nSPS) is 12.3. The zero-order chi connectivity index (χ0) is 12.8. The van der Waals surface area contributed by atoms with E-state index in [4.69, 9.17) is 0 Å². The first-order chi connectivity index (χ1) is 8.79. The van der Waals surface area contributed by atoms with E-state index in [1.54, 1.807) is 12.4 Å². The number of benzene rings is 1. The highest BCUT2D eigenvalue weighted by Gasteiger charge is 2.13. The molecule has 1 N–H and O–H groups in total. The molecule has 2 aromatic rings. The third-order valence-electron chi connectivity index (χ3n) is 2.91. The van der Waals surface area contributed by atoms with Gasteiger partial charge in [0.1, 0.15) is 5.82 Å². The van der Waals surface area contributed by atoms with E-state index in [2.05, 4.69) is 53.4 Å². The van der Waals surface area contributed by atoms with E-state index >= 15 is 0 Å². The van der Waals surface area contributed by atoms with Crippen LogP contribution in [0.15, 0.2) is 42.7 Å². The lowest BCUT2D eigenvalue weighted by Crippen LogP contribution is -2.24. The zero-order valence-corrected chi connectivity index (χ0v) is 10.9. The maximum atomic E-state index is 4.34. The molecule has 3 nitrogen and oxygen atoms in total. The Morgan fingerprint density at radius 1 is 1.11 bits per heavy atom. The van der Waals surface area contributed by atoms with Gasteiger partial charge in [-0.3, -0.25) is 0 Å². The molecule has 94 valence electrons. The number of rotatable bonds is 5. The van der Waals surface area contributed by atoms with E-state index in [1.807, 2.05) is 6.07 Å². The lowest BCUT2D eigenvalue weighted by atomic mass is 10.0. The fraction of sp³-hybridized carbons (Fsp3) is 0.333. The summed E-state index contributed by atoms with van der Waals surface area (Å²) in [6.45, 7) is 5.12. The molecule has 0 bridgehead atoms. The van der Waals surface area contributed by atoms with Crippen LogP contribution in [0.25, 0.3) is 0 Å². The van der Waals surface area contributed by atoms with Gasteiger partial charge in [-0.15, -0.1) is 0 Å². The van der Waals surface area contributed by atoms with Gasteiger partial charge >= 0.3 is 0 Å². The number of hydrogen-bond acceptors (Lipinski definition) is 3. The largest absolute Gasteiger partial charge is 0.307 e. The number of likely N-dealkylation sites (N-methyl/N-ethyl adjacent to an activating group) is 1. The summed E-state index contributed by atoms with van der Waals surface area (Å²) in [4.78, 5) is 8.68. The molecule has 0 amide bonds. The number of aryl methyl sites for hydroxylation is 1. The van der Waals surface area contributed by atoms with Crippen LogP contribution in [0.4, 0.5) is 0 Å². The van der Waals surface area contributed by atoms with Crippen molar-refractivity contribution in [2.75, 3.05) is 6.54 Å². The monoisotopic (exact) mass is 241 g/mol. The van der Waals surface area contributed by atoms with Crippen LogP contribution < -0.4 is 5.32 Å². The van der Waals surface area contributed by atoms with Crippen LogP contribution in [-0.2, 0) is 6.42 Å². The molecule has 3 heteroatoms. The minimum absolute atomic E-state index is 0.180. The molecule has 0 aliphatic carbocycles. The molecular formula is C15H19N3. The molecule has 1 heterocycles. The second kappa shape index (κ2) is 6.26. The highest BCUT2D eigenvalue weighted by Crippen LogP contribution is 2.15. The van der Waals surface area contributed by atoms with Gasteiger partial charge < -0.3 is 5.32 Å². The van der Waals surface area contributed by atoms with Crippen molar-refractivity contribution in [2.45, 2.75) is 26.3 Å². The molecule has 0 saturated carbocycles. The van der Waals surface area contributed by atoms with Crippen LogP contribution in [0.3, 0.4) is 0 Å². The second-order valence-electron chi connectivity index (χ2n) is 4.41. The number of nitrogens with one attached hydrogen (secondary N) is 1. The quantitative estimate of drug-likeness (QED) is 0.874. The van der Waals surface area contributed by atoms with Gasteiger partial charge in [0.15, 0.2) is 0 Å². The standard InChI is InChI=1S/C15H19N3/c1-3-16-14(15-17-9-4-10-18-15)11-13-7-5-12(2)6-8-13/h4-10,14,16H,3,11H2,1-2H3. The predicted octanol–water partition coefficient (Wildman–Crippen LogP) is 2.68. The Bertz CT molecular complexity index is 465. The Labute approximate surface area is 108 Å². The van der Waals surface area contributed by atoms with Gasteiger partial charge in [0.25, 0.3) is 0 Å². The van der Waals surface area contributed by atoms with Gasteiger partial charge in [-0.05, 0) is 31.5 Å². The summed E-state index contributed by atoms with van der Waals surface area (Å²) in [6, 6.07) is 10.6. The van der Waals surface area contributed by atoms with Crippen molar-refractivity contribution < 1.29 is 0 Å². The van der Waals surface area contributed by atoms with Crippen molar-refractivity contribution in [3.05, 3.63) is 59.7 Å². The summed E-state index contributed by atoms with van der Waals surface area (Å²) in [6.07, 6.45) is 4.50. The highest BCUT2D eigenvalue weighted by atomic mass is 15.0. The van der Waals surface area contributed by atoms with Crippen molar-refractivity contribution in [1.29, 1.82) is 0 Å². The molecule has 0 aliphatic rings. The summed E-state index contributed by atoms with van der Waals surface area (Å²) in [5.41, 5.74) is 2.59. The van der Waals surface area contributed by atoms with Crippen LogP contribution in [0, 0.1) is 6.92 Å². The molecule has 1 atom stereocenters. The van der Waals surface area contributed by atoms with Gasteiger partial charge in [-0.1, -0.05) is 36.8 Å². The Morgan fingerprint density at radius 3 is 2.39 bits per heavy atom. The van der Waals surface area contributed by atoms with Gasteiger partial charge in [-0.25, -0.2) is 9.97 Å². The van der Waals surface area contributed by atoms with Gasteiger partial charge in [0.2, 0.25) is 0 Å². The fourth-order valence-corrected chi connectivity index (χ4v) is 1.95. The van der Waals surface area contributed by atoms with Crippen molar-refractivity contribution in [3.63, 3.8) is 0 Å². The van der Waals surface area contributed by atoms with E-state index in [1.165, 1.54) is 11.1 Å². The Kier molecular flexibility index (Phi) is 4.42. The van der Waals surface area contributed by atoms with Gasteiger partial charge in [0.05, 0.1) is 6.04 Å². The lowest BCUT2D eigenvalue weighted by molar-refractivity contribution is 0.521. The third kappa shape index (κ3) is 3.37. The van der Waals surface area contributed by atoms with Crippen molar-refractivity contribution >= 4 is 0 Å². The summed E-state index contributed by atoms with van der Waals surface area (Å²) in [7, 11) is 0. The van der Waals surface area contributed by atoms with Crippen LogP contribution in [0.2, 0.25) is 0 Å². The molecule has 0 spiro atoms. The first kappa shape index (κ1) is 12.7. The van der Waals surface area contributed by atoms with Crippen molar-refractivity contribution in [2.24, 2.45) is 0 Å². The average molecular weight is 241 g/mol. The van der Waals surface area contributed by atoms with Crippen LogP contribution >= 0.6 is 0 Å². The van der Waals surface area contributed by atoms with Gasteiger partial charge in [-0.2, -0.15) is 0 Å². The Hall–Kier alpha value is -1.74. The minimum atomic E-state index is 0.180. The molecule has 1 aromatic carbocycles. The average Bonchev–Trinajstić information content (AvgIpc) is 2.42. The van der Waals surface area contributed by atoms with Crippen molar-refractivity contribution in [3.8, 4) is 0 Å². The topological polar surface area (TPSA) is 37.8 Å². The number of aromatic nitrogens is 2. The Morgan fingerprint density at radius 2 is 1.78 bits per heavy atom.